The zero-order chi connectivity index (χ0) is 13.6. The van der Waals surface area contributed by atoms with Gasteiger partial charge in [-0.1, -0.05) is 13.3 Å². The van der Waals surface area contributed by atoms with Crippen LogP contribution in [-0.2, 0) is 9.59 Å². The monoisotopic (exact) mass is 264 g/mol. The third-order valence-electron chi connectivity index (χ3n) is 5.35. The molecule has 0 radical (unpaired) electrons. The molecule has 0 aromatic rings. The van der Waals surface area contributed by atoms with Gasteiger partial charge in [0.15, 0.2) is 0 Å². The van der Waals surface area contributed by atoms with Gasteiger partial charge in [0.1, 0.15) is 0 Å². The molecule has 19 heavy (non-hydrogen) atoms. The minimum absolute atomic E-state index is 0.00296. The lowest BCUT2D eigenvalue weighted by atomic mass is 9.99. The molecule has 4 unspecified atom stereocenters. The minimum atomic E-state index is -0.00296. The number of hydrogen-bond donors (Lipinski definition) is 1. The molecule has 4 heteroatoms. The van der Waals surface area contributed by atoms with Crippen LogP contribution in [0.2, 0.25) is 0 Å². The van der Waals surface area contributed by atoms with Gasteiger partial charge in [-0.15, -0.1) is 0 Å². The molecule has 106 valence electrons. The van der Waals surface area contributed by atoms with Crippen molar-refractivity contribution in [2.75, 3.05) is 6.54 Å². The number of carbonyl (C=O) groups excluding carboxylic acids is 2. The molecule has 2 heterocycles. The van der Waals surface area contributed by atoms with Gasteiger partial charge in [0.25, 0.3) is 0 Å². The van der Waals surface area contributed by atoms with Crippen LogP contribution in [0.4, 0.5) is 0 Å². The summed E-state index contributed by atoms with van der Waals surface area (Å²) in [6.07, 6.45) is 4.96. The van der Waals surface area contributed by atoms with Gasteiger partial charge in [-0.25, -0.2) is 0 Å². The number of amides is 2. The van der Waals surface area contributed by atoms with E-state index in [2.05, 4.69) is 19.2 Å². The summed E-state index contributed by atoms with van der Waals surface area (Å²) < 4.78 is 0. The molecule has 0 bridgehead atoms. The SMILES string of the molecule is CCC1CC2C(=O)N(C3CCC(C)NC3)C(=O)C2C1. The van der Waals surface area contributed by atoms with Crippen LogP contribution in [0.15, 0.2) is 0 Å². The predicted octanol–water partition coefficient (Wildman–Crippen LogP) is 1.55. The molecule has 4 atom stereocenters. The van der Waals surface area contributed by atoms with E-state index in [1.807, 2.05) is 0 Å². The van der Waals surface area contributed by atoms with Gasteiger partial charge in [-0.3, -0.25) is 14.5 Å². The highest BCUT2D eigenvalue weighted by Gasteiger charge is 2.54. The predicted molar refractivity (Wildman–Crippen MR) is 72.3 cm³/mol. The molecule has 4 nitrogen and oxygen atoms in total. The third kappa shape index (κ3) is 2.10. The Morgan fingerprint density at radius 1 is 1.16 bits per heavy atom. The number of rotatable bonds is 2. The maximum Gasteiger partial charge on any atom is 0.233 e. The molecular formula is C15H24N2O2. The van der Waals surface area contributed by atoms with Crippen molar-refractivity contribution in [1.82, 2.24) is 10.2 Å². The summed E-state index contributed by atoms with van der Waals surface area (Å²) in [4.78, 5) is 26.6. The quantitative estimate of drug-likeness (QED) is 0.770. The van der Waals surface area contributed by atoms with Crippen LogP contribution in [0.25, 0.3) is 0 Å². The summed E-state index contributed by atoms with van der Waals surface area (Å²) in [5.41, 5.74) is 0. The van der Waals surface area contributed by atoms with Crippen LogP contribution >= 0.6 is 0 Å². The molecule has 2 amide bonds. The van der Waals surface area contributed by atoms with Gasteiger partial charge < -0.3 is 5.32 Å². The molecule has 2 saturated heterocycles. The first-order valence-corrected chi connectivity index (χ1v) is 7.72. The Kier molecular flexibility index (Phi) is 3.37. The second-order valence-corrected chi connectivity index (χ2v) is 6.55. The normalized spacial score (nSPS) is 42.8. The lowest BCUT2D eigenvalue weighted by Crippen LogP contribution is -2.51. The van der Waals surface area contributed by atoms with Crippen molar-refractivity contribution in [2.45, 2.75) is 58.0 Å². The van der Waals surface area contributed by atoms with Crippen molar-refractivity contribution >= 4 is 11.8 Å². The molecule has 0 aromatic carbocycles. The van der Waals surface area contributed by atoms with Crippen molar-refractivity contribution in [2.24, 2.45) is 17.8 Å². The summed E-state index contributed by atoms with van der Waals surface area (Å²) in [5.74, 6) is 0.808. The lowest BCUT2D eigenvalue weighted by Gasteiger charge is -2.33. The summed E-state index contributed by atoms with van der Waals surface area (Å²) in [7, 11) is 0. The van der Waals surface area contributed by atoms with E-state index in [0.29, 0.717) is 12.0 Å². The molecule has 3 rings (SSSR count). The van der Waals surface area contributed by atoms with Gasteiger partial charge in [0.2, 0.25) is 11.8 Å². The van der Waals surface area contributed by atoms with Crippen molar-refractivity contribution < 1.29 is 9.59 Å². The molecule has 3 aliphatic rings. The van der Waals surface area contributed by atoms with Crippen LogP contribution in [0.5, 0.6) is 0 Å². The summed E-state index contributed by atoms with van der Waals surface area (Å²) >= 11 is 0. The Labute approximate surface area is 114 Å². The Balaban J connectivity index is 1.72. The van der Waals surface area contributed by atoms with Gasteiger partial charge in [-0.2, -0.15) is 0 Å². The van der Waals surface area contributed by atoms with Crippen molar-refractivity contribution in [3.05, 3.63) is 0 Å². The van der Waals surface area contributed by atoms with E-state index in [1.165, 1.54) is 0 Å². The van der Waals surface area contributed by atoms with E-state index in [0.717, 1.165) is 38.6 Å². The largest absolute Gasteiger partial charge is 0.312 e. The van der Waals surface area contributed by atoms with Crippen LogP contribution in [0, 0.1) is 17.8 Å². The number of nitrogens with zero attached hydrogens (tertiary/aromatic N) is 1. The fraction of sp³-hybridized carbons (Fsp3) is 0.867. The average Bonchev–Trinajstić information content (AvgIpc) is 2.93. The number of piperidine rings is 1. The maximum atomic E-state index is 12.5. The molecule has 1 aliphatic carbocycles. The van der Waals surface area contributed by atoms with Crippen LogP contribution < -0.4 is 5.32 Å². The Morgan fingerprint density at radius 2 is 1.79 bits per heavy atom. The minimum Gasteiger partial charge on any atom is -0.312 e. The van der Waals surface area contributed by atoms with E-state index >= 15 is 0 Å². The second-order valence-electron chi connectivity index (χ2n) is 6.55. The number of nitrogens with one attached hydrogen (secondary N) is 1. The number of hydrogen-bond acceptors (Lipinski definition) is 3. The second kappa shape index (κ2) is 4.89. The first-order valence-electron chi connectivity index (χ1n) is 7.72. The van der Waals surface area contributed by atoms with Gasteiger partial charge >= 0.3 is 0 Å². The van der Waals surface area contributed by atoms with Gasteiger partial charge in [0.05, 0.1) is 17.9 Å². The smallest absolute Gasteiger partial charge is 0.233 e. The molecule has 0 spiro atoms. The number of fused-ring (bicyclic) bond motifs is 1. The molecule has 1 N–H and O–H groups in total. The molecular weight excluding hydrogens is 240 g/mol. The average molecular weight is 264 g/mol. The van der Waals surface area contributed by atoms with Crippen molar-refractivity contribution in [3.63, 3.8) is 0 Å². The Bertz CT molecular complexity index is 364. The van der Waals surface area contributed by atoms with Crippen molar-refractivity contribution in [1.29, 1.82) is 0 Å². The van der Waals surface area contributed by atoms with E-state index < -0.39 is 0 Å². The van der Waals surface area contributed by atoms with E-state index in [1.54, 1.807) is 4.90 Å². The lowest BCUT2D eigenvalue weighted by molar-refractivity contribution is -0.143. The summed E-state index contributed by atoms with van der Waals surface area (Å²) in [6.45, 7) is 5.09. The highest BCUT2D eigenvalue weighted by Crippen LogP contribution is 2.45. The summed E-state index contributed by atoms with van der Waals surface area (Å²) in [5, 5.41) is 3.39. The third-order valence-corrected chi connectivity index (χ3v) is 5.35. The Morgan fingerprint density at radius 3 is 2.26 bits per heavy atom. The highest BCUT2D eigenvalue weighted by atomic mass is 16.2. The van der Waals surface area contributed by atoms with Gasteiger partial charge in [0, 0.05) is 12.6 Å². The standard InChI is InChI=1S/C15H24N2O2/c1-3-10-6-12-13(7-10)15(19)17(14(12)18)11-5-4-9(2)16-8-11/h9-13,16H,3-8H2,1-2H3. The summed E-state index contributed by atoms with van der Waals surface area (Å²) in [6, 6.07) is 0.606. The van der Waals surface area contributed by atoms with Crippen LogP contribution in [0.3, 0.4) is 0 Å². The van der Waals surface area contributed by atoms with E-state index in [-0.39, 0.29) is 29.7 Å². The molecule has 1 saturated carbocycles. The molecule has 3 fully saturated rings. The van der Waals surface area contributed by atoms with Crippen LogP contribution in [-0.4, -0.2) is 35.3 Å². The maximum absolute atomic E-state index is 12.5. The highest BCUT2D eigenvalue weighted by molar-refractivity contribution is 6.05. The number of carbonyl (C=O) groups is 2. The molecule has 0 aromatic heterocycles. The van der Waals surface area contributed by atoms with Crippen molar-refractivity contribution in [3.8, 4) is 0 Å². The number of imide groups is 1. The first-order chi connectivity index (χ1) is 9.11. The van der Waals surface area contributed by atoms with E-state index in [9.17, 15) is 9.59 Å². The van der Waals surface area contributed by atoms with E-state index in [4.69, 9.17) is 0 Å². The Hall–Kier alpha value is -0.900. The fourth-order valence-corrected chi connectivity index (χ4v) is 4.05. The zero-order valence-corrected chi connectivity index (χ0v) is 11.9. The van der Waals surface area contributed by atoms with Gasteiger partial charge in [-0.05, 0) is 38.5 Å². The fourth-order valence-electron chi connectivity index (χ4n) is 4.05. The zero-order valence-electron chi connectivity index (χ0n) is 11.9. The topological polar surface area (TPSA) is 49.4 Å². The number of likely N-dealkylation sites (tertiary alicyclic amines) is 1. The molecule has 2 aliphatic heterocycles. The van der Waals surface area contributed by atoms with Crippen LogP contribution in [0.1, 0.15) is 46.0 Å². The first kappa shape index (κ1) is 13.1.